The molecule has 1 aromatic heterocycles. The molecule has 9 heteroatoms. The number of rotatable bonds is 9. The highest BCUT2D eigenvalue weighted by Crippen LogP contribution is 2.31. The van der Waals surface area contributed by atoms with E-state index in [1.54, 1.807) is 38.7 Å². The van der Waals surface area contributed by atoms with Crippen molar-refractivity contribution in [3.05, 3.63) is 66.6 Å². The number of allylic oxidation sites excluding steroid dienone is 1. The van der Waals surface area contributed by atoms with Gasteiger partial charge in [-0.25, -0.2) is 9.97 Å². The van der Waals surface area contributed by atoms with Gasteiger partial charge in [-0.05, 0) is 50.6 Å². The average Bonchev–Trinajstić information content (AvgIpc) is 2.86. The fourth-order valence-electron chi connectivity index (χ4n) is 3.32. The Bertz CT molecular complexity index is 1250. The lowest BCUT2D eigenvalue weighted by atomic mass is 10.1. The third kappa shape index (κ3) is 7.30. The molecule has 1 amide bonds. The summed E-state index contributed by atoms with van der Waals surface area (Å²) in [5.41, 5.74) is 8.43. The molecular weight excluding hydrogens is 456 g/mol. The Balaban J connectivity index is 1.92. The van der Waals surface area contributed by atoms with Crippen LogP contribution in [0.15, 0.2) is 71.6 Å². The van der Waals surface area contributed by atoms with E-state index < -0.39 is 0 Å². The molecular formula is C27H32N6O3. The summed E-state index contributed by atoms with van der Waals surface area (Å²) in [6.07, 6.45) is 4.77. The van der Waals surface area contributed by atoms with Gasteiger partial charge < -0.3 is 25.8 Å². The quantitative estimate of drug-likeness (QED) is 0.389. The number of methoxy groups -OCH3 is 1. The lowest BCUT2D eigenvalue weighted by Gasteiger charge is -2.20. The monoisotopic (exact) mass is 488 g/mol. The molecule has 2 aromatic carbocycles. The second-order valence-corrected chi connectivity index (χ2v) is 8.93. The molecule has 1 heterocycles. The number of hydrogen-bond donors (Lipinski definition) is 3. The molecule has 0 saturated carbocycles. The minimum Gasteiger partial charge on any atom is -0.497 e. The smallest absolute Gasteiger partial charge is 0.258 e. The van der Waals surface area contributed by atoms with E-state index in [9.17, 15) is 4.79 Å². The number of aromatic nitrogens is 2. The van der Waals surface area contributed by atoms with Gasteiger partial charge in [0.25, 0.3) is 5.91 Å². The SMILES string of the molecule is CN=C/C(=C\N)Nc1nc(-c2cccc(OCC(=O)NC(C)(C)C)c2)ncc1-c1ccc(OC)cc1. The molecule has 0 fully saturated rings. The van der Waals surface area contributed by atoms with Crippen molar-refractivity contribution in [1.29, 1.82) is 0 Å². The van der Waals surface area contributed by atoms with Crippen molar-refractivity contribution in [2.24, 2.45) is 10.7 Å². The van der Waals surface area contributed by atoms with E-state index >= 15 is 0 Å². The highest BCUT2D eigenvalue weighted by molar-refractivity contribution is 5.86. The summed E-state index contributed by atoms with van der Waals surface area (Å²) in [6.45, 7) is 5.66. The Morgan fingerprint density at radius 1 is 1.11 bits per heavy atom. The Hall–Kier alpha value is -4.40. The first-order valence-electron chi connectivity index (χ1n) is 11.4. The number of hydrogen-bond acceptors (Lipinski definition) is 8. The molecule has 0 radical (unpaired) electrons. The Morgan fingerprint density at radius 3 is 2.50 bits per heavy atom. The minimum atomic E-state index is -0.329. The molecule has 3 rings (SSSR count). The number of amides is 1. The van der Waals surface area contributed by atoms with Crippen LogP contribution >= 0.6 is 0 Å². The van der Waals surface area contributed by atoms with Gasteiger partial charge in [-0.15, -0.1) is 0 Å². The number of nitrogens with two attached hydrogens (primary N) is 1. The zero-order valence-electron chi connectivity index (χ0n) is 21.2. The van der Waals surface area contributed by atoms with Crippen LogP contribution in [0.5, 0.6) is 11.5 Å². The summed E-state index contributed by atoms with van der Waals surface area (Å²) in [5.74, 6) is 2.12. The first-order chi connectivity index (χ1) is 17.2. The number of nitrogens with one attached hydrogen (secondary N) is 2. The molecule has 0 bridgehead atoms. The maximum atomic E-state index is 12.1. The second kappa shape index (κ2) is 11.8. The second-order valence-electron chi connectivity index (χ2n) is 8.93. The third-order valence-electron chi connectivity index (χ3n) is 4.88. The molecule has 0 aliphatic heterocycles. The first kappa shape index (κ1) is 26.2. The highest BCUT2D eigenvalue weighted by atomic mass is 16.5. The largest absolute Gasteiger partial charge is 0.497 e. The lowest BCUT2D eigenvalue weighted by molar-refractivity contribution is -0.124. The zero-order valence-corrected chi connectivity index (χ0v) is 21.2. The van der Waals surface area contributed by atoms with Crippen molar-refractivity contribution in [3.8, 4) is 34.0 Å². The Morgan fingerprint density at radius 2 is 1.86 bits per heavy atom. The van der Waals surface area contributed by atoms with Crippen molar-refractivity contribution in [3.63, 3.8) is 0 Å². The molecule has 188 valence electrons. The number of anilines is 1. The van der Waals surface area contributed by atoms with E-state index in [1.807, 2.05) is 57.2 Å². The average molecular weight is 489 g/mol. The van der Waals surface area contributed by atoms with Gasteiger partial charge in [-0.3, -0.25) is 9.79 Å². The normalized spacial score (nSPS) is 11.9. The molecule has 0 aliphatic carbocycles. The summed E-state index contributed by atoms with van der Waals surface area (Å²) in [7, 11) is 3.28. The van der Waals surface area contributed by atoms with E-state index in [1.165, 1.54) is 6.20 Å². The fraction of sp³-hybridized carbons (Fsp3) is 0.259. The van der Waals surface area contributed by atoms with Gasteiger partial charge in [-0.1, -0.05) is 24.3 Å². The first-order valence-corrected chi connectivity index (χ1v) is 11.4. The third-order valence-corrected chi connectivity index (χ3v) is 4.88. The van der Waals surface area contributed by atoms with Crippen LogP contribution in [0.2, 0.25) is 0 Å². The molecule has 9 nitrogen and oxygen atoms in total. The molecule has 0 spiro atoms. The van der Waals surface area contributed by atoms with Gasteiger partial charge in [0.1, 0.15) is 17.3 Å². The molecule has 0 atom stereocenters. The van der Waals surface area contributed by atoms with Crippen molar-refractivity contribution in [2.75, 3.05) is 26.1 Å². The van der Waals surface area contributed by atoms with Gasteiger partial charge in [-0.2, -0.15) is 0 Å². The Labute approximate surface area is 211 Å². The molecule has 4 N–H and O–H groups in total. The van der Waals surface area contributed by atoms with Crippen molar-refractivity contribution in [2.45, 2.75) is 26.3 Å². The van der Waals surface area contributed by atoms with Crippen LogP contribution in [0, 0.1) is 0 Å². The van der Waals surface area contributed by atoms with Crippen LogP contribution in [0.3, 0.4) is 0 Å². The summed E-state index contributed by atoms with van der Waals surface area (Å²) in [5, 5.41) is 6.11. The molecule has 3 aromatic rings. The summed E-state index contributed by atoms with van der Waals surface area (Å²) in [4.78, 5) is 25.5. The number of aliphatic imine (C=N–C) groups is 1. The van der Waals surface area contributed by atoms with E-state index in [4.69, 9.17) is 20.2 Å². The van der Waals surface area contributed by atoms with E-state index in [-0.39, 0.29) is 18.1 Å². The highest BCUT2D eigenvalue weighted by Gasteiger charge is 2.15. The zero-order chi connectivity index (χ0) is 26.1. The number of nitrogens with zero attached hydrogens (tertiary/aromatic N) is 3. The number of ether oxygens (including phenoxy) is 2. The maximum absolute atomic E-state index is 12.1. The summed E-state index contributed by atoms with van der Waals surface area (Å²) >= 11 is 0. The van der Waals surface area contributed by atoms with Crippen molar-refractivity contribution in [1.82, 2.24) is 15.3 Å². The van der Waals surface area contributed by atoms with Crippen LogP contribution < -0.4 is 25.8 Å². The molecule has 0 unspecified atom stereocenters. The summed E-state index contributed by atoms with van der Waals surface area (Å²) in [6, 6.07) is 14.9. The lowest BCUT2D eigenvalue weighted by Crippen LogP contribution is -2.43. The Kier molecular flexibility index (Phi) is 8.61. The molecule has 36 heavy (non-hydrogen) atoms. The van der Waals surface area contributed by atoms with E-state index in [0.29, 0.717) is 23.1 Å². The van der Waals surface area contributed by atoms with Crippen LogP contribution in [0.4, 0.5) is 5.82 Å². The number of benzene rings is 2. The predicted octanol–water partition coefficient (Wildman–Crippen LogP) is 4.03. The van der Waals surface area contributed by atoms with Crippen LogP contribution in [-0.2, 0) is 4.79 Å². The van der Waals surface area contributed by atoms with Gasteiger partial charge in [0.15, 0.2) is 12.4 Å². The molecule has 0 saturated heterocycles. The van der Waals surface area contributed by atoms with Gasteiger partial charge >= 0.3 is 0 Å². The van der Waals surface area contributed by atoms with E-state index in [2.05, 4.69) is 20.6 Å². The van der Waals surface area contributed by atoms with Gasteiger partial charge in [0.05, 0.1) is 12.8 Å². The van der Waals surface area contributed by atoms with Crippen LogP contribution in [0.1, 0.15) is 20.8 Å². The molecule has 0 aliphatic rings. The maximum Gasteiger partial charge on any atom is 0.258 e. The summed E-state index contributed by atoms with van der Waals surface area (Å²) < 4.78 is 11.0. The van der Waals surface area contributed by atoms with Crippen LogP contribution in [0.25, 0.3) is 22.5 Å². The number of carbonyl (C=O) groups is 1. The van der Waals surface area contributed by atoms with Gasteiger partial charge in [0.2, 0.25) is 0 Å². The minimum absolute atomic E-state index is 0.0915. The van der Waals surface area contributed by atoms with Crippen molar-refractivity contribution < 1.29 is 14.3 Å². The van der Waals surface area contributed by atoms with Crippen molar-refractivity contribution >= 4 is 17.9 Å². The number of carbonyl (C=O) groups excluding carboxylic acids is 1. The van der Waals surface area contributed by atoms with Gasteiger partial charge in [0, 0.05) is 42.3 Å². The standard InChI is InChI=1S/C27H32N6O3/c1-27(2,3)33-24(34)17-36-22-8-6-7-19(13-22)25-30-16-23(18-9-11-21(35-5)12-10-18)26(32-25)31-20(14-28)15-29-4/h6-16H,17,28H2,1-5H3,(H,33,34)(H,30,31,32)/b20-14+,29-15?. The van der Waals surface area contributed by atoms with E-state index in [0.717, 1.165) is 22.4 Å². The fourth-order valence-corrected chi connectivity index (χ4v) is 3.32. The predicted molar refractivity (Wildman–Crippen MR) is 143 cm³/mol. The van der Waals surface area contributed by atoms with Crippen LogP contribution in [-0.4, -0.2) is 48.4 Å². The topological polar surface area (TPSA) is 124 Å².